The van der Waals surface area contributed by atoms with E-state index in [4.69, 9.17) is 11.6 Å². The topological polar surface area (TPSA) is 52.8 Å². The van der Waals surface area contributed by atoms with E-state index < -0.39 is 6.29 Å². The number of rotatable bonds is 2. The van der Waals surface area contributed by atoms with Crippen molar-refractivity contribution in [2.45, 2.75) is 19.1 Å². The minimum absolute atomic E-state index is 0.0489. The van der Waals surface area contributed by atoms with Gasteiger partial charge in [-0.25, -0.2) is 0 Å². The zero-order chi connectivity index (χ0) is 15.9. The van der Waals surface area contributed by atoms with Gasteiger partial charge in [-0.15, -0.1) is 20.4 Å². The highest BCUT2D eigenvalue weighted by Gasteiger charge is 2.43. The lowest BCUT2D eigenvalue weighted by atomic mass is 10.3. The molecular weight excluding hydrogens is 338 g/mol. The number of nitrogens with zero attached hydrogens (tertiary/aromatic N) is 2. The van der Waals surface area contributed by atoms with E-state index in [2.05, 4.69) is 14.5 Å². The predicted octanol–water partition coefficient (Wildman–Crippen LogP) is 3.05. The van der Waals surface area contributed by atoms with Gasteiger partial charge in [0, 0.05) is 24.1 Å². The third-order valence-corrected chi connectivity index (χ3v) is 4.18. The molecule has 0 N–H and O–H groups in total. The lowest BCUT2D eigenvalue weighted by Gasteiger charge is -2.04. The standard InChI is InChI=1S/C13H9ClF2N2O3S/c1-7(19)17-12-18(6-9(5-14)22-12)8-2-3-10-11(4-8)21-13(15,16)20-10/h2-4,6H,5H2,1H3/b17-12-. The minimum Gasteiger partial charge on any atom is -0.395 e. The first-order valence-corrected chi connectivity index (χ1v) is 7.46. The number of hydrogen-bond acceptors (Lipinski definition) is 4. The summed E-state index contributed by atoms with van der Waals surface area (Å²) in [5.74, 6) is -0.251. The van der Waals surface area contributed by atoms with Crippen molar-refractivity contribution in [3.63, 3.8) is 0 Å². The number of aromatic nitrogens is 1. The van der Waals surface area contributed by atoms with Crippen molar-refractivity contribution in [1.29, 1.82) is 0 Å². The highest BCUT2D eigenvalue weighted by atomic mass is 35.5. The van der Waals surface area contributed by atoms with E-state index in [0.717, 1.165) is 4.88 Å². The predicted molar refractivity (Wildman–Crippen MR) is 75.7 cm³/mol. The molecule has 0 unspecified atom stereocenters. The van der Waals surface area contributed by atoms with Gasteiger partial charge in [-0.2, -0.15) is 4.99 Å². The first-order valence-electron chi connectivity index (χ1n) is 6.11. The Morgan fingerprint density at radius 3 is 2.82 bits per heavy atom. The van der Waals surface area contributed by atoms with Crippen LogP contribution in [0.15, 0.2) is 29.4 Å². The molecule has 5 nitrogen and oxygen atoms in total. The van der Waals surface area contributed by atoms with Crippen LogP contribution in [0, 0.1) is 0 Å². The Balaban J connectivity index is 2.10. The molecule has 22 heavy (non-hydrogen) atoms. The van der Waals surface area contributed by atoms with Crippen molar-refractivity contribution in [3.05, 3.63) is 34.1 Å². The number of hydrogen-bond donors (Lipinski definition) is 0. The van der Waals surface area contributed by atoms with E-state index in [1.54, 1.807) is 16.8 Å². The number of fused-ring (bicyclic) bond motifs is 1. The van der Waals surface area contributed by atoms with Crippen LogP contribution in [0.5, 0.6) is 11.5 Å². The average molecular weight is 347 g/mol. The van der Waals surface area contributed by atoms with Gasteiger partial charge in [0.15, 0.2) is 16.3 Å². The lowest BCUT2D eigenvalue weighted by molar-refractivity contribution is -0.286. The average Bonchev–Trinajstić information content (AvgIpc) is 2.95. The monoisotopic (exact) mass is 346 g/mol. The smallest absolute Gasteiger partial charge is 0.395 e. The zero-order valence-corrected chi connectivity index (χ0v) is 12.8. The second-order valence-corrected chi connectivity index (χ2v) is 5.77. The van der Waals surface area contributed by atoms with Gasteiger partial charge in [0.2, 0.25) is 5.91 Å². The molecule has 0 aliphatic carbocycles. The molecule has 1 aliphatic rings. The summed E-state index contributed by atoms with van der Waals surface area (Å²) >= 11 is 7.03. The van der Waals surface area contributed by atoms with Crippen LogP contribution < -0.4 is 14.3 Å². The normalized spacial score (nSPS) is 16.1. The second-order valence-electron chi connectivity index (χ2n) is 4.41. The van der Waals surface area contributed by atoms with Gasteiger partial charge in [-0.1, -0.05) is 11.3 Å². The number of carbonyl (C=O) groups is 1. The molecule has 1 aliphatic heterocycles. The molecule has 0 saturated heterocycles. The molecule has 1 aromatic heterocycles. The van der Waals surface area contributed by atoms with Crippen LogP contribution in [0.2, 0.25) is 0 Å². The van der Waals surface area contributed by atoms with Crippen molar-refractivity contribution in [3.8, 4) is 17.2 Å². The Hall–Kier alpha value is -1.93. The van der Waals surface area contributed by atoms with Crippen LogP contribution in [0.25, 0.3) is 5.69 Å². The fourth-order valence-corrected chi connectivity index (χ4v) is 3.05. The summed E-state index contributed by atoms with van der Waals surface area (Å²) in [5.41, 5.74) is 0.507. The van der Waals surface area contributed by atoms with Crippen LogP contribution in [0.4, 0.5) is 8.78 Å². The summed E-state index contributed by atoms with van der Waals surface area (Å²) in [5, 5.41) is 0. The maximum Gasteiger partial charge on any atom is 0.586 e. The Morgan fingerprint density at radius 2 is 2.14 bits per heavy atom. The van der Waals surface area contributed by atoms with Gasteiger partial charge in [0.1, 0.15) is 0 Å². The molecule has 1 amide bonds. The van der Waals surface area contributed by atoms with Crippen molar-refractivity contribution < 1.29 is 23.0 Å². The molecule has 0 atom stereocenters. The van der Waals surface area contributed by atoms with Gasteiger partial charge in [-0.05, 0) is 12.1 Å². The number of ether oxygens (including phenoxy) is 2. The molecular formula is C13H9ClF2N2O3S. The highest BCUT2D eigenvalue weighted by Crippen LogP contribution is 2.41. The van der Waals surface area contributed by atoms with E-state index in [-0.39, 0.29) is 23.3 Å². The van der Waals surface area contributed by atoms with Crippen LogP contribution in [-0.2, 0) is 10.7 Å². The Morgan fingerprint density at radius 1 is 1.41 bits per heavy atom. The van der Waals surface area contributed by atoms with Crippen molar-refractivity contribution in [2.75, 3.05) is 0 Å². The molecule has 0 bridgehead atoms. The number of benzene rings is 1. The fraction of sp³-hybridized carbons (Fsp3) is 0.231. The molecule has 2 heterocycles. The van der Waals surface area contributed by atoms with E-state index >= 15 is 0 Å². The molecule has 9 heteroatoms. The van der Waals surface area contributed by atoms with Gasteiger partial charge in [0.25, 0.3) is 0 Å². The maximum atomic E-state index is 13.1. The largest absolute Gasteiger partial charge is 0.586 e. The third-order valence-electron chi connectivity index (χ3n) is 2.75. The number of carbonyl (C=O) groups excluding carboxylic acids is 1. The SMILES string of the molecule is CC(=O)/N=c1\sc(CCl)cn1-c1ccc2c(c1)OC(F)(F)O2. The van der Waals surface area contributed by atoms with Crippen LogP contribution >= 0.6 is 22.9 Å². The number of halogens is 3. The molecule has 1 aromatic carbocycles. The molecule has 0 spiro atoms. The van der Waals surface area contributed by atoms with Gasteiger partial charge in [-0.3, -0.25) is 9.36 Å². The highest BCUT2D eigenvalue weighted by molar-refractivity contribution is 7.09. The van der Waals surface area contributed by atoms with Crippen LogP contribution in [-0.4, -0.2) is 16.8 Å². The minimum atomic E-state index is -3.67. The quantitative estimate of drug-likeness (QED) is 0.785. The summed E-state index contributed by atoms with van der Waals surface area (Å²) in [6.45, 7) is 1.32. The van der Waals surface area contributed by atoms with E-state index in [9.17, 15) is 13.6 Å². The summed E-state index contributed by atoms with van der Waals surface area (Å²) in [6.07, 6.45) is -1.98. The molecule has 116 valence electrons. The fourth-order valence-electron chi connectivity index (χ4n) is 1.94. The Bertz CT molecular complexity index is 816. The van der Waals surface area contributed by atoms with Gasteiger partial charge >= 0.3 is 6.29 Å². The molecule has 3 rings (SSSR count). The van der Waals surface area contributed by atoms with Crippen molar-refractivity contribution in [2.24, 2.45) is 4.99 Å². The second kappa shape index (κ2) is 5.36. The summed E-state index contributed by atoms with van der Waals surface area (Å²) in [4.78, 5) is 16.3. The van der Waals surface area contributed by atoms with Crippen molar-refractivity contribution >= 4 is 28.8 Å². The van der Waals surface area contributed by atoms with Crippen LogP contribution in [0.3, 0.4) is 0 Å². The van der Waals surface area contributed by atoms with E-state index in [1.165, 1.54) is 30.4 Å². The number of thiazole rings is 1. The lowest BCUT2D eigenvalue weighted by Crippen LogP contribution is -2.25. The van der Waals surface area contributed by atoms with Crippen LogP contribution in [0.1, 0.15) is 11.8 Å². The van der Waals surface area contributed by atoms with E-state index in [1.807, 2.05) is 0 Å². The molecule has 0 fully saturated rings. The molecule has 0 radical (unpaired) electrons. The summed E-state index contributed by atoms with van der Waals surface area (Å²) < 4.78 is 36.5. The number of amides is 1. The Labute approximate surface area is 132 Å². The third kappa shape index (κ3) is 2.84. The maximum absolute atomic E-state index is 13.1. The first-order chi connectivity index (χ1) is 10.4. The summed E-state index contributed by atoms with van der Waals surface area (Å²) in [6, 6.07) is 4.32. The summed E-state index contributed by atoms with van der Waals surface area (Å²) in [7, 11) is 0. The zero-order valence-electron chi connectivity index (χ0n) is 11.2. The van der Waals surface area contributed by atoms with E-state index in [0.29, 0.717) is 10.5 Å². The Kier molecular flexibility index (Phi) is 3.65. The molecule has 2 aromatic rings. The first kappa shape index (κ1) is 15.0. The molecule has 0 saturated carbocycles. The van der Waals surface area contributed by atoms with Gasteiger partial charge in [0.05, 0.1) is 11.6 Å². The van der Waals surface area contributed by atoms with Gasteiger partial charge < -0.3 is 9.47 Å². The van der Waals surface area contributed by atoms with Crippen molar-refractivity contribution in [1.82, 2.24) is 4.57 Å². The number of alkyl halides is 3.